The molecule has 0 unspecified atom stereocenters. The highest BCUT2D eigenvalue weighted by molar-refractivity contribution is 9.10. The number of aryl methyl sites for hydroxylation is 1. The Bertz CT molecular complexity index is 1080. The lowest BCUT2D eigenvalue weighted by Gasteiger charge is -2.35. The van der Waals surface area contributed by atoms with E-state index in [0.29, 0.717) is 44.8 Å². The summed E-state index contributed by atoms with van der Waals surface area (Å²) in [5, 5.41) is 0. The summed E-state index contributed by atoms with van der Waals surface area (Å²) in [4.78, 5) is 14.6. The number of aromatic nitrogens is 3. The van der Waals surface area contributed by atoms with Gasteiger partial charge in [0.05, 0.1) is 18.1 Å². The van der Waals surface area contributed by atoms with Crippen molar-refractivity contribution in [2.45, 2.75) is 25.4 Å². The lowest BCUT2D eigenvalue weighted by Crippen LogP contribution is -2.50. The van der Waals surface area contributed by atoms with Gasteiger partial charge in [-0.1, -0.05) is 0 Å². The van der Waals surface area contributed by atoms with Crippen LogP contribution >= 0.6 is 15.9 Å². The largest absolute Gasteiger partial charge is 0.354 e. The zero-order valence-corrected chi connectivity index (χ0v) is 20.9. The highest BCUT2D eigenvalue weighted by Gasteiger charge is 2.31. The van der Waals surface area contributed by atoms with Crippen molar-refractivity contribution in [3.05, 3.63) is 47.1 Å². The van der Waals surface area contributed by atoms with E-state index < -0.39 is 32.0 Å². The van der Waals surface area contributed by atoms with Gasteiger partial charge in [-0.15, -0.1) is 0 Å². The summed E-state index contributed by atoms with van der Waals surface area (Å²) in [7, 11) is -7.51. The number of nitrogens with zero attached hydrogens (tertiary/aromatic N) is 5. The summed E-state index contributed by atoms with van der Waals surface area (Å²) < 4.78 is 56.7. The highest BCUT2D eigenvalue weighted by atomic mass is 79.9. The first-order valence-corrected chi connectivity index (χ1v) is 14.3. The molecule has 1 atom stereocenters. The number of hydrogen-bond acceptors (Lipinski definition) is 9. The Morgan fingerprint density at radius 1 is 1.06 bits per heavy atom. The molecule has 176 valence electrons. The minimum atomic E-state index is -3.80. The zero-order valence-electron chi connectivity index (χ0n) is 17.7. The monoisotopic (exact) mass is 547 g/mol. The molecule has 0 aromatic carbocycles. The molecule has 32 heavy (non-hydrogen) atoms. The summed E-state index contributed by atoms with van der Waals surface area (Å²) in [5.74, 6) is 1.00. The number of pyridine rings is 1. The molecule has 0 bridgehead atoms. The van der Waals surface area contributed by atoms with Gasteiger partial charge in [0.2, 0.25) is 10.0 Å². The number of halogens is 1. The minimum Gasteiger partial charge on any atom is -0.354 e. The zero-order chi connectivity index (χ0) is 23.2. The predicted octanol–water partition coefficient (Wildman–Crippen LogP) is 1.45. The average molecular weight is 548 g/mol. The SMILES string of the molecule is CS(=O)(=O)O[C@@H](CCCc1ncccn1)CS(=O)(=O)N1CCN(c2ccc(Br)cn2)CC1. The second-order valence-corrected chi connectivity index (χ2v) is 12.0. The van der Waals surface area contributed by atoms with Gasteiger partial charge >= 0.3 is 0 Å². The van der Waals surface area contributed by atoms with Crippen molar-refractivity contribution in [1.82, 2.24) is 19.3 Å². The predicted molar refractivity (Wildman–Crippen MR) is 124 cm³/mol. The van der Waals surface area contributed by atoms with Crippen LogP contribution < -0.4 is 4.90 Å². The molecular weight excluding hydrogens is 522 g/mol. The van der Waals surface area contributed by atoms with Crippen molar-refractivity contribution < 1.29 is 21.0 Å². The molecule has 0 radical (unpaired) electrons. The van der Waals surface area contributed by atoms with Gasteiger partial charge < -0.3 is 4.90 Å². The van der Waals surface area contributed by atoms with Crippen LogP contribution in [0.3, 0.4) is 0 Å². The van der Waals surface area contributed by atoms with Crippen molar-refractivity contribution in [3.8, 4) is 0 Å². The fourth-order valence-electron chi connectivity index (χ4n) is 3.44. The fraction of sp³-hybridized carbons (Fsp3) is 0.526. The molecule has 0 saturated carbocycles. The number of hydrogen-bond donors (Lipinski definition) is 0. The highest BCUT2D eigenvalue weighted by Crippen LogP contribution is 2.19. The summed E-state index contributed by atoms with van der Waals surface area (Å²) in [6, 6.07) is 5.47. The van der Waals surface area contributed by atoms with Gasteiger partial charge in [-0.3, -0.25) is 4.18 Å². The maximum Gasteiger partial charge on any atom is 0.264 e. The third-order valence-electron chi connectivity index (χ3n) is 4.92. The van der Waals surface area contributed by atoms with Crippen LogP contribution in [0.4, 0.5) is 5.82 Å². The maximum absolute atomic E-state index is 13.0. The molecule has 1 saturated heterocycles. The average Bonchev–Trinajstić information content (AvgIpc) is 2.74. The van der Waals surface area contributed by atoms with E-state index in [0.717, 1.165) is 16.5 Å². The van der Waals surface area contributed by atoms with Gasteiger partial charge in [-0.2, -0.15) is 12.7 Å². The van der Waals surface area contributed by atoms with E-state index in [9.17, 15) is 16.8 Å². The first kappa shape index (κ1) is 25.0. The molecule has 1 fully saturated rings. The Balaban J connectivity index is 1.58. The van der Waals surface area contributed by atoms with E-state index >= 15 is 0 Å². The molecule has 3 rings (SSSR count). The van der Waals surface area contributed by atoms with Crippen LogP contribution in [0.5, 0.6) is 0 Å². The molecule has 3 heterocycles. The second-order valence-electron chi connectivity index (χ2n) is 7.48. The summed E-state index contributed by atoms with van der Waals surface area (Å²) >= 11 is 3.35. The quantitative estimate of drug-likeness (QED) is 0.406. The van der Waals surface area contributed by atoms with Crippen molar-refractivity contribution in [2.24, 2.45) is 0 Å². The van der Waals surface area contributed by atoms with E-state index in [2.05, 4.69) is 30.9 Å². The van der Waals surface area contributed by atoms with E-state index in [1.807, 2.05) is 17.0 Å². The lowest BCUT2D eigenvalue weighted by atomic mass is 10.1. The third kappa shape index (κ3) is 7.73. The molecule has 1 aliphatic heterocycles. The molecule has 13 heteroatoms. The van der Waals surface area contributed by atoms with Crippen molar-refractivity contribution in [1.29, 1.82) is 0 Å². The third-order valence-corrected chi connectivity index (χ3v) is 7.96. The number of rotatable bonds is 10. The van der Waals surface area contributed by atoms with Gasteiger partial charge in [0.15, 0.2) is 0 Å². The molecular formula is C19H26BrN5O5S2. The summed E-state index contributed by atoms with van der Waals surface area (Å²) in [6.07, 6.45) is 6.17. The number of sulfonamides is 1. The van der Waals surface area contributed by atoms with Crippen LogP contribution in [0.1, 0.15) is 18.7 Å². The fourth-order valence-corrected chi connectivity index (χ4v) is 6.06. The van der Waals surface area contributed by atoms with Crippen LogP contribution in [0.15, 0.2) is 41.3 Å². The van der Waals surface area contributed by atoms with Crippen LogP contribution in [0.25, 0.3) is 0 Å². The van der Waals surface area contributed by atoms with Crippen molar-refractivity contribution >= 4 is 41.9 Å². The standard InChI is InChI=1S/C19H26BrN5O5S2/c1-31(26,27)30-17(4-2-5-18-21-8-3-9-22-18)15-32(28,29)25-12-10-24(11-13-25)19-7-6-16(20)14-23-19/h3,6-9,14,17H,2,4-5,10-13,15H2,1H3/t17-/m0/s1. The van der Waals surface area contributed by atoms with Crippen LogP contribution in [0.2, 0.25) is 0 Å². The van der Waals surface area contributed by atoms with Gasteiger partial charge in [0, 0.05) is 55.7 Å². The second kappa shape index (κ2) is 11.0. The Kier molecular flexibility index (Phi) is 8.55. The molecule has 0 aliphatic carbocycles. The van der Waals surface area contributed by atoms with E-state index in [1.165, 1.54) is 4.31 Å². The number of piperazine rings is 1. The summed E-state index contributed by atoms with van der Waals surface area (Å²) in [6.45, 7) is 1.58. The first-order chi connectivity index (χ1) is 15.1. The Morgan fingerprint density at radius 3 is 2.34 bits per heavy atom. The lowest BCUT2D eigenvalue weighted by molar-refractivity contribution is 0.216. The normalized spacial score (nSPS) is 16.8. The van der Waals surface area contributed by atoms with E-state index in [4.69, 9.17) is 4.18 Å². The smallest absolute Gasteiger partial charge is 0.264 e. The Labute approximate surface area is 197 Å². The molecule has 10 nitrogen and oxygen atoms in total. The van der Waals surface area contributed by atoms with Crippen LogP contribution in [0, 0.1) is 0 Å². The van der Waals surface area contributed by atoms with Gasteiger partial charge in [0.1, 0.15) is 11.6 Å². The molecule has 1 aliphatic rings. The Hall–Kier alpha value is -1.67. The molecule has 0 spiro atoms. The van der Waals surface area contributed by atoms with E-state index in [1.54, 1.807) is 24.7 Å². The molecule has 0 amide bonds. The molecule has 2 aromatic rings. The van der Waals surface area contributed by atoms with Crippen molar-refractivity contribution in [3.63, 3.8) is 0 Å². The van der Waals surface area contributed by atoms with Crippen molar-refractivity contribution in [2.75, 3.05) is 43.1 Å². The molecule has 2 aromatic heterocycles. The van der Waals surface area contributed by atoms with E-state index in [-0.39, 0.29) is 6.42 Å². The summed E-state index contributed by atoms with van der Waals surface area (Å²) in [5.41, 5.74) is 0. The van der Waals surface area contributed by atoms with Gasteiger partial charge in [-0.05, 0) is 47.0 Å². The van der Waals surface area contributed by atoms with Gasteiger partial charge in [0.25, 0.3) is 10.1 Å². The maximum atomic E-state index is 13.0. The van der Waals surface area contributed by atoms with Crippen LogP contribution in [-0.4, -0.2) is 80.4 Å². The van der Waals surface area contributed by atoms with Crippen LogP contribution in [-0.2, 0) is 30.7 Å². The Morgan fingerprint density at radius 2 is 1.75 bits per heavy atom. The van der Waals surface area contributed by atoms with Gasteiger partial charge in [-0.25, -0.2) is 23.4 Å². The first-order valence-electron chi connectivity index (χ1n) is 10.1. The topological polar surface area (TPSA) is 123 Å². The number of anilines is 1. The molecule has 0 N–H and O–H groups in total. The minimum absolute atomic E-state index is 0.257.